The van der Waals surface area contributed by atoms with Gasteiger partial charge in [-0.1, -0.05) is 23.8 Å². The molecular weight excluding hydrogens is 176 g/mol. The maximum Gasteiger partial charge on any atom is 0.119 e. The Morgan fingerprint density at radius 3 is 2.36 bits per heavy atom. The van der Waals surface area contributed by atoms with Crippen LogP contribution in [0.4, 0.5) is 0 Å². The van der Waals surface area contributed by atoms with Crippen molar-refractivity contribution in [2.24, 2.45) is 0 Å². The van der Waals surface area contributed by atoms with Gasteiger partial charge < -0.3 is 10.2 Å². The summed E-state index contributed by atoms with van der Waals surface area (Å²) in [6.45, 7) is 3.95. The van der Waals surface area contributed by atoms with Gasteiger partial charge in [0.1, 0.15) is 5.75 Å². The van der Waals surface area contributed by atoms with Gasteiger partial charge in [0.05, 0.1) is 6.61 Å². The summed E-state index contributed by atoms with van der Waals surface area (Å²) >= 11 is 0. The molecule has 76 valence electrons. The van der Waals surface area contributed by atoms with Crippen molar-refractivity contribution in [1.82, 2.24) is 0 Å². The third kappa shape index (κ3) is 2.60. The molecule has 0 aliphatic rings. The Kier molecular flexibility index (Phi) is 3.72. The SMILES string of the molecule is C/C(CO)=C(/C)Cc1ccccc1O. The first-order valence-corrected chi connectivity index (χ1v) is 4.68. The van der Waals surface area contributed by atoms with Crippen molar-refractivity contribution >= 4 is 0 Å². The smallest absolute Gasteiger partial charge is 0.119 e. The number of aliphatic hydroxyl groups is 1. The van der Waals surface area contributed by atoms with E-state index < -0.39 is 0 Å². The van der Waals surface area contributed by atoms with Crippen LogP contribution in [0.5, 0.6) is 5.75 Å². The van der Waals surface area contributed by atoms with Crippen LogP contribution in [0.1, 0.15) is 19.4 Å². The lowest BCUT2D eigenvalue weighted by Gasteiger charge is -2.07. The summed E-state index contributed by atoms with van der Waals surface area (Å²) in [7, 11) is 0. The Hall–Kier alpha value is -1.28. The van der Waals surface area contributed by atoms with Gasteiger partial charge in [-0.25, -0.2) is 0 Å². The summed E-state index contributed by atoms with van der Waals surface area (Å²) in [6.07, 6.45) is 0.694. The van der Waals surface area contributed by atoms with Crippen molar-refractivity contribution in [2.45, 2.75) is 20.3 Å². The summed E-state index contributed by atoms with van der Waals surface area (Å²) in [4.78, 5) is 0. The van der Waals surface area contributed by atoms with E-state index >= 15 is 0 Å². The van der Waals surface area contributed by atoms with Gasteiger partial charge in [0.25, 0.3) is 0 Å². The summed E-state index contributed by atoms with van der Waals surface area (Å²) in [6, 6.07) is 7.27. The van der Waals surface area contributed by atoms with E-state index in [0.717, 1.165) is 16.7 Å². The molecule has 0 aromatic heterocycles. The fraction of sp³-hybridized carbons (Fsp3) is 0.333. The van der Waals surface area contributed by atoms with E-state index in [9.17, 15) is 5.11 Å². The van der Waals surface area contributed by atoms with Crippen LogP contribution in [0.15, 0.2) is 35.4 Å². The van der Waals surface area contributed by atoms with Gasteiger partial charge in [-0.2, -0.15) is 0 Å². The van der Waals surface area contributed by atoms with Gasteiger partial charge in [-0.05, 0) is 37.5 Å². The lowest BCUT2D eigenvalue weighted by Crippen LogP contribution is -1.94. The fourth-order valence-electron chi connectivity index (χ4n) is 1.23. The molecule has 0 amide bonds. The highest BCUT2D eigenvalue weighted by molar-refractivity contribution is 5.35. The molecule has 0 saturated heterocycles. The van der Waals surface area contributed by atoms with Crippen molar-refractivity contribution in [1.29, 1.82) is 0 Å². The molecule has 0 radical (unpaired) electrons. The number of phenols is 1. The molecular formula is C12H16O2. The quantitative estimate of drug-likeness (QED) is 0.721. The second kappa shape index (κ2) is 4.82. The van der Waals surface area contributed by atoms with Crippen LogP contribution in [0, 0.1) is 0 Å². The molecule has 0 unspecified atom stereocenters. The zero-order valence-electron chi connectivity index (χ0n) is 8.62. The number of aromatic hydroxyl groups is 1. The highest BCUT2D eigenvalue weighted by Crippen LogP contribution is 2.20. The first-order chi connectivity index (χ1) is 6.65. The first kappa shape index (κ1) is 10.8. The number of benzene rings is 1. The Labute approximate surface area is 84.5 Å². The molecule has 2 heteroatoms. The number of aliphatic hydroxyl groups excluding tert-OH is 1. The highest BCUT2D eigenvalue weighted by Gasteiger charge is 2.02. The van der Waals surface area contributed by atoms with Gasteiger partial charge in [-0.15, -0.1) is 0 Å². The van der Waals surface area contributed by atoms with Crippen LogP contribution in [0.25, 0.3) is 0 Å². The van der Waals surface area contributed by atoms with Crippen molar-refractivity contribution in [3.05, 3.63) is 41.0 Å². The van der Waals surface area contributed by atoms with E-state index in [2.05, 4.69) is 0 Å². The maximum absolute atomic E-state index is 9.53. The van der Waals surface area contributed by atoms with E-state index in [1.165, 1.54) is 0 Å². The Morgan fingerprint density at radius 1 is 1.14 bits per heavy atom. The van der Waals surface area contributed by atoms with Gasteiger partial charge in [0, 0.05) is 0 Å². The molecule has 14 heavy (non-hydrogen) atoms. The van der Waals surface area contributed by atoms with Gasteiger partial charge in [0.2, 0.25) is 0 Å². The third-order valence-electron chi connectivity index (χ3n) is 2.41. The summed E-state index contributed by atoms with van der Waals surface area (Å²) in [5.74, 6) is 0.317. The number of para-hydroxylation sites is 1. The van der Waals surface area contributed by atoms with Crippen LogP contribution in [-0.2, 0) is 6.42 Å². The minimum atomic E-state index is 0.0828. The summed E-state index contributed by atoms with van der Waals surface area (Å²) in [5.41, 5.74) is 2.97. The van der Waals surface area contributed by atoms with E-state index in [4.69, 9.17) is 5.11 Å². The second-order valence-corrected chi connectivity index (χ2v) is 3.52. The molecule has 2 nitrogen and oxygen atoms in total. The Bertz CT molecular complexity index is 340. The largest absolute Gasteiger partial charge is 0.508 e. The van der Waals surface area contributed by atoms with Crippen LogP contribution in [-0.4, -0.2) is 16.8 Å². The molecule has 1 rings (SSSR count). The van der Waals surface area contributed by atoms with Gasteiger partial charge in [0.15, 0.2) is 0 Å². The maximum atomic E-state index is 9.53. The van der Waals surface area contributed by atoms with Gasteiger partial charge >= 0.3 is 0 Å². The predicted molar refractivity (Wildman–Crippen MR) is 57.3 cm³/mol. The molecule has 0 spiro atoms. The van der Waals surface area contributed by atoms with E-state index in [1.807, 2.05) is 26.0 Å². The molecule has 0 atom stereocenters. The van der Waals surface area contributed by atoms with Crippen LogP contribution >= 0.6 is 0 Å². The predicted octanol–water partition coefficient (Wildman–Crippen LogP) is 2.26. The summed E-state index contributed by atoms with van der Waals surface area (Å²) < 4.78 is 0. The highest BCUT2D eigenvalue weighted by atomic mass is 16.3. The molecule has 1 aromatic carbocycles. The van der Waals surface area contributed by atoms with Crippen LogP contribution in [0.2, 0.25) is 0 Å². The minimum Gasteiger partial charge on any atom is -0.508 e. The van der Waals surface area contributed by atoms with Crippen molar-refractivity contribution in [3.63, 3.8) is 0 Å². The summed E-state index contributed by atoms with van der Waals surface area (Å²) in [5, 5.41) is 18.5. The number of rotatable bonds is 3. The average Bonchev–Trinajstić information content (AvgIpc) is 2.20. The molecule has 0 bridgehead atoms. The first-order valence-electron chi connectivity index (χ1n) is 4.68. The molecule has 0 aliphatic heterocycles. The van der Waals surface area contributed by atoms with E-state index in [1.54, 1.807) is 12.1 Å². The zero-order valence-corrected chi connectivity index (χ0v) is 8.62. The molecule has 0 saturated carbocycles. The monoisotopic (exact) mass is 192 g/mol. The lowest BCUT2D eigenvalue weighted by atomic mass is 10.0. The number of allylic oxidation sites excluding steroid dienone is 1. The van der Waals surface area contributed by atoms with Crippen molar-refractivity contribution in [2.75, 3.05) is 6.61 Å². The zero-order chi connectivity index (χ0) is 10.6. The molecule has 1 aromatic rings. The average molecular weight is 192 g/mol. The van der Waals surface area contributed by atoms with E-state index in [-0.39, 0.29) is 6.61 Å². The Balaban J connectivity index is 2.85. The van der Waals surface area contributed by atoms with Crippen LogP contribution < -0.4 is 0 Å². The van der Waals surface area contributed by atoms with Crippen molar-refractivity contribution in [3.8, 4) is 5.75 Å². The normalized spacial score (nSPS) is 12.5. The van der Waals surface area contributed by atoms with Crippen LogP contribution in [0.3, 0.4) is 0 Å². The number of phenolic OH excluding ortho intramolecular Hbond substituents is 1. The third-order valence-corrected chi connectivity index (χ3v) is 2.41. The fourth-order valence-corrected chi connectivity index (χ4v) is 1.23. The topological polar surface area (TPSA) is 40.5 Å². The number of hydrogen-bond donors (Lipinski definition) is 2. The van der Waals surface area contributed by atoms with E-state index in [0.29, 0.717) is 12.2 Å². The molecule has 0 aliphatic carbocycles. The standard InChI is InChI=1S/C12H16O2/c1-9(10(2)8-13)7-11-5-3-4-6-12(11)14/h3-6,13-14H,7-8H2,1-2H3/b10-9+. The lowest BCUT2D eigenvalue weighted by molar-refractivity contribution is 0.330. The molecule has 0 fully saturated rings. The second-order valence-electron chi connectivity index (χ2n) is 3.52. The molecule has 2 N–H and O–H groups in total. The molecule has 0 heterocycles. The number of hydrogen-bond acceptors (Lipinski definition) is 2. The minimum absolute atomic E-state index is 0.0828. The van der Waals surface area contributed by atoms with Crippen molar-refractivity contribution < 1.29 is 10.2 Å². The Morgan fingerprint density at radius 2 is 1.79 bits per heavy atom. The van der Waals surface area contributed by atoms with Gasteiger partial charge in [-0.3, -0.25) is 0 Å².